The molecule has 0 radical (unpaired) electrons. The molecule has 1 aromatic carbocycles. The molecule has 0 aliphatic rings. The van der Waals surface area contributed by atoms with E-state index in [1.807, 2.05) is 6.92 Å². The third kappa shape index (κ3) is 2.95. The van der Waals surface area contributed by atoms with Crippen molar-refractivity contribution in [1.29, 1.82) is 0 Å². The Morgan fingerprint density at radius 3 is 2.36 bits per heavy atom. The van der Waals surface area contributed by atoms with Crippen LogP contribution in [0.3, 0.4) is 0 Å². The molecule has 0 aromatic heterocycles. The molecule has 0 saturated carbocycles. The minimum absolute atomic E-state index is 0.0981. The van der Waals surface area contributed by atoms with Crippen LogP contribution < -0.4 is 0 Å². The smallest absolute Gasteiger partial charge is 0.129 e. The van der Waals surface area contributed by atoms with E-state index in [1.165, 1.54) is 18.2 Å². The van der Waals surface area contributed by atoms with Gasteiger partial charge < -0.3 is 0 Å². The van der Waals surface area contributed by atoms with Crippen LogP contribution in [0.2, 0.25) is 0 Å². The highest BCUT2D eigenvalue weighted by Gasteiger charge is 2.12. The summed E-state index contributed by atoms with van der Waals surface area (Å²) in [7, 11) is 0. The van der Waals surface area contributed by atoms with Gasteiger partial charge in [0.05, 0.1) is 0 Å². The molecule has 14 heavy (non-hydrogen) atoms. The van der Waals surface area contributed by atoms with Crippen LogP contribution >= 0.6 is 11.6 Å². The Hall–Kier alpha value is -0.630. The number of alkyl halides is 1. The van der Waals surface area contributed by atoms with Gasteiger partial charge >= 0.3 is 0 Å². The van der Waals surface area contributed by atoms with Gasteiger partial charge in [0.15, 0.2) is 0 Å². The van der Waals surface area contributed by atoms with E-state index in [1.54, 1.807) is 0 Å². The summed E-state index contributed by atoms with van der Waals surface area (Å²) in [6, 6.07) is 3.87. The van der Waals surface area contributed by atoms with E-state index >= 15 is 0 Å². The van der Waals surface area contributed by atoms with Crippen LogP contribution in [-0.4, -0.2) is 5.38 Å². The van der Waals surface area contributed by atoms with E-state index in [2.05, 4.69) is 0 Å². The molecule has 1 unspecified atom stereocenters. The van der Waals surface area contributed by atoms with Crippen molar-refractivity contribution in [2.24, 2.45) is 0 Å². The number of rotatable bonds is 4. The van der Waals surface area contributed by atoms with Crippen molar-refractivity contribution in [1.82, 2.24) is 0 Å². The van der Waals surface area contributed by atoms with Gasteiger partial charge in [-0.3, -0.25) is 0 Å². The standard InChI is InChI=1S/C11H13ClF2/c1-2-4-8(12)7-9-10(13)5-3-6-11(9)14/h3,5-6,8H,2,4,7H2,1H3. The van der Waals surface area contributed by atoms with Crippen molar-refractivity contribution in [3.63, 3.8) is 0 Å². The van der Waals surface area contributed by atoms with Gasteiger partial charge in [0.1, 0.15) is 11.6 Å². The molecule has 3 heteroatoms. The molecule has 78 valence electrons. The summed E-state index contributed by atoms with van der Waals surface area (Å²) < 4.78 is 26.3. The molecule has 0 spiro atoms. The zero-order valence-corrected chi connectivity index (χ0v) is 8.82. The molecular formula is C11H13ClF2. The van der Waals surface area contributed by atoms with E-state index in [9.17, 15) is 8.78 Å². The van der Waals surface area contributed by atoms with E-state index in [-0.39, 0.29) is 17.4 Å². The molecular weight excluding hydrogens is 206 g/mol. The maximum absolute atomic E-state index is 13.2. The molecule has 0 aliphatic heterocycles. The fourth-order valence-corrected chi connectivity index (χ4v) is 1.74. The lowest BCUT2D eigenvalue weighted by Gasteiger charge is -2.09. The lowest BCUT2D eigenvalue weighted by molar-refractivity contribution is 0.547. The van der Waals surface area contributed by atoms with Gasteiger partial charge in [-0.15, -0.1) is 11.6 Å². The zero-order chi connectivity index (χ0) is 10.6. The average Bonchev–Trinajstić information content (AvgIpc) is 2.12. The van der Waals surface area contributed by atoms with Crippen LogP contribution in [0.4, 0.5) is 8.78 Å². The summed E-state index contributed by atoms with van der Waals surface area (Å²) in [6.45, 7) is 1.99. The first-order valence-electron chi connectivity index (χ1n) is 4.72. The first-order chi connectivity index (χ1) is 6.65. The highest BCUT2D eigenvalue weighted by molar-refractivity contribution is 6.20. The second kappa shape index (κ2) is 5.30. The third-order valence-electron chi connectivity index (χ3n) is 2.09. The maximum atomic E-state index is 13.2. The summed E-state index contributed by atoms with van der Waals surface area (Å²) in [5.74, 6) is -1.02. The molecule has 0 aliphatic carbocycles. The normalized spacial score (nSPS) is 12.9. The molecule has 0 saturated heterocycles. The molecule has 0 fully saturated rings. The van der Waals surface area contributed by atoms with E-state index in [4.69, 9.17) is 11.6 Å². The average molecular weight is 219 g/mol. The Balaban J connectivity index is 2.75. The maximum Gasteiger partial charge on any atom is 0.129 e. The summed E-state index contributed by atoms with van der Waals surface area (Å²) in [4.78, 5) is 0. The van der Waals surface area contributed by atoms with Gasteiger partial charge in [0, 0.05) is 10.9 Å². The van der Waals surface area contributed by atoms with E-state index < -0.39 is 11.6 Å². The highest BCUT2D eigenvalue weighted by Crippen LogP contribution is 2.18. The summed E-state index contributed by atoms with van der Waals surface area (Å²) in [6.07, 6.45) is 1.95. The minimum Gasteiger partial charge on any atom is -0.207 e. The molecule has 0 amide bonds. The van der Waals surface area contributed by atoms with Crippen LogP contribution in [0.25, 0.3) is 0 Å². The third-order valence-corrected chi connectivity index (χ3v) is 2.46. The van der Waals surface area contributed by atoms with E-state index in [0.717, 1.165) is 12.8 Å². The first-order valence-corrected chi connectivity index (χ1v) is 5.15. The van der Waals surface area contributed by atoms with Gasteiger partial charge in [-0.05, 0) is 25.0 Å². The predicted octanol–water partition coefficient (Wildman–Crippen LogP) is 3.91. The zero-order valence-electron chi connectivity index (χ0n) is 8.06. The van der Waals surface area contributed by atoms with Crippen molar-refractivity contribution in [2.45, 2.75) is 31.6 Å². The molecule has 0 heterocycles. The highest BCUT2D eigenvalue weighted by atomic mass is 35.5. The number of hydrogen-bond donors (Lipinski definition) is 0. The summed E-state index contributed by atoms with van der Waals surface area (Å²) in [5.41, 5.74) is 0.0981. The monoisotopic (exact) mass is 218 g/mol. The topological polar surface area (TPSA) is 0 Å². The number of benzene rings is 1. The second-order valence-electron chi connectivity index (χ2n) is 3.29. The summed E-state index contributed by atoms with van der Waals surface area (Å²) >= 11 is 5.93. The van der Waals surface area contributed by atoms with Crippen LogP contribution in [0.15, 0.2) is 18.2 Å². The van der Waals surface area contributed by atoms with Crippen molar-refractivity contribution >= 4 is 11.6 Å². The Labute approximate surface area is 87.9 Å². The van der Waals surface area contributed by atoms with Gasteiger partial charge in [-0.2, -0.15) is 0 Å². The lowest BCUT2D eigenvalue weighted by atomic mass is 10.1. The van der Waals surface area contributed by atoms with Gasteiger partial charge in [-0.25, -0.2) is 8.78 Å². The molecule has 0 nitrogen and oxygen atoms in total. The largest absolute Gasteiger partial charge is 0.207 e. The molecule has 1 aromatic rings. The van der Waals surface area contributed by atoms with Crippen molar-refractivity contribution in [2.75, 3.05) is 0 Å². The van der Waals surface area contributed by atoms with Crippen molar-refractivity contribution < 1.29 is 8.78 Å². The fraction of sp³-hybridized carbons (Fsp3) is 0.455. The van der Waals surface area contributed by atoms with E-state index in [0.29, 0.717) is 0 Å². The SMILES string of the molecule is CCCC(Cl)Cc1c(F)cccc1F. The van der Waals surface area contributed by atoms with Crippen LogP contribution in [0.5, 0.6) is 0 Å². The summed E-state index contributed by atoms with van der Waals surface area (Å²) in [5, 5.41) is -0.189. The Bertz CT molecular complexity index is 279. The molecule has 1 atom stereocenters. The Morgan fingerprint density at radius 1 is 1.29 bits per heavy atom. The quantitative estimate of drug-likeness (QED) is 0.672. The number of halogens is 3. The van der Waals surface area contributed by atoms with Gasteiger partial charge in [0.25, 0.3) is 0 Å². The Kier molecular flexibility index (Phi) is 4.33. The first kappa shape index (κ1) is 11.4. The van der Waals surface area contributed by atoms with Crippen molar-refractivity contribution in [3.05, 3.63) is 35.4 Å². The van der Waals surface area contributed by atoms with Crippen LogP contribution in [0, 0.1) is 11.6 Å². The number of hydrogen-bond acceptors (Lipinski definition) is 0. The predicted molar refractivity (Wildman–Crippen MR) is 54.6 cm³/mol. The minimum atomic E-state index is -0.508. The van der Waals surface area contributed by atoms with Gasteiger partial charge in [0.2, 0.25) is 0 Å². The van der Waals surface area contributed by atoms with Crippen LogP contribution in [-0.2, 0) is 6.42 Å². The molecule has 0 bridgehead atoms. The lowest BCUT2D eigenvalue weighted by Crippen LogP contribution is -2.06. The molecule has 1 rings (SSSR count). The second-order valence-corrected chi connectivity index (χ2v) is 3.91. The van der Waals surface area contributed by atoms with Gasteiger partial charge in [-0.1, -0.05) is 19.4 Å². The Morgan fingerprint density at radius 2 is 1.86 bits per heavy atom. The fourth-order valence-electron chi connectivity index (χ4n) is 1.36. The van der Waals surface area contributed by atoms with Crippen LogP contribution in [0.1, 0.15) is 25.3 Å². The van der Waals surface area contributed by atoms with Crippen molar-refractivity contribution in [3.8, 4) is 0 Å². The molecule has 0 N–H and O–H groups in total.